The summed E-state index contributed by atoms with van der Waals surface area (Å²) in [6, 6.07) is 3.47. The lowest BCUT2D eigenvalue weighted by molar-refractivity contribution is 0.695. The predicted octanol–water partition coefficient (Wildman–Crippen LogP) is -0.724. The van der Waals surface area contributed by atoms with Crippen LogP contribution in [-0.4, -0.2) is 14.1 Å². The third-order valence-electron chi connectivity index (χ3n) is 2.56. The van der Waals surface area contributed by atoms with Gasteiger partial charge in [-0.1, -0.05) is 0 Å². The minimum absolute atomic E-state index is 0.298. The van der Waals surface area contributed by atoms with Gasteiger partial charge in [0, 0.05) is 25.6 Å². The van der Waals surface area contributed by atoms with Gasteiger partial charge in [-0.05, 0) is 17.7 Å². The first-order chi connectivity index (χ1) is 8.61. The minimum Gasteiger partial charge on any atom is -0.312 e. The molecule has 0 amide bonds. The Morgan fingerprint density at radius 1 is 1.33 bits per heavy atom. The van der Waals surface area contributed by atoms with E-state index < -0.39 is 11.1 Å². The SMILES string of the molecule is Cn1ccn(Cc2ccnc(NN)c2)c(=O)c1=O. The highest BCUT2D eigenvalue weighted by molar-refractivity contribution is 5.35. The number of aromatic nitrogens is 3. The summed E-state index contributed by atoms with van der Waals surface area (Å²) in [5.74, 6) is 5.76. The number of hydrogen-bond donors (Lipinski definition) is 2. The lowest BCUT2D eigenvalue weighted by Crippen LogP contribution is -2.39. The molecule has 18 heavy (non-hydrogen) atoms. The number of anilines is 1. The van der Waals surface area contributed by atoms with Crippen molar-refractivity contribution in [2.45, 2.75) is 6.54 Å². The predicted molar refractivity (Wildman–Crippen MR) is 67.1 cm³/mol. The molecular formula is C11H13N5O2. The molecular weight excluding hydrogens is 234 g/mol. The average molecular weight is 247 g/mol. The van der Waals surface area contributed by atoms with Crippen LogP contribution in [0.5, 0.6) is 0 Å². The van der Waals surface area contributed by atoms with Gasteiger partial charge in [-0.15, -0.1) is 0 Å². The number of hydrogen-bond acceptors (Lipinski definition) is 5. The third-order valence-corrected chi connectivity index (χ3v) is 2.56. The van der Waals surface area contributed by atoms with Crippen LogP contribution in [0, 0.1) is 0 Å². The van der Waals surface area contributed by atoms with Gasteiger partial charge in [-0.3, -0.25) is 9.59 Å². The third kappa shape index (κ3) is 2.30. The van der Waals surface area contributed by atoms with E-state index in [0.717, 1.165) is 5.56 Å². The van der Waals surface area contributed by atoms with Crippen LogP contribution in [0.3, 0.4) is 0 Å². The second kappa shape index (κ2) is 4.84. The molecule has 0 aliphatic rings. The van der Waals surface area contributed by atoms with Gasteiger partial charge in [0.15, 0.2) is 0 Å². The maximum absolute atomic E-state index is 11.7. The van der Waals surface area contributed by atoms with E-state index in [1.165, 1.54) is 16.2 Å². The Kier molecular flexibility index (Phi) is 3.24. The molecule has 0 aliphatic heterocycles. The fourth-order valence-corrected chi connectivity index (χ4v) is 1.56. The average Bonchev–Trinajstić information content (AvgIpc) is 2.40. The van der Waals surface area contributed by atoms with Gasteiger partial charge in [0.25, 0.3) is 0 Å². The normalized spacial score (nSPS) is 10.3. The summed E-state index contributed by atoms with van der Waals surface area (Å²) >= 11 is 0. The number of nitrogens with zero attached hydrogens (tertiary/aromatic N) is 3. The lowest BCUT2D eigenvalue weighted by atomic mass is 10.2. The van der Waals surface area contributed by atoms with E-state index in [1.807, 2.05) is 0 Å². The van der Waals surface area contributed by atoms with E-state index >= 15 is 0 Å². The second-order valence-corrected chi connectivity index (χ2v) is 3.84. The fourth-order valence-electron chi connectivity index (χ4n) is 1.56. The van der Waals surface area contributed by atoms with E-state index in [0.29, 0.717) is 12.4 Å². The first-order valence-electron chi connectivity index (χ1n) is 5.29. The zero-order valence-corrected chi connectivity index (χ0v) is 9.83. The number of nitrogen functional groups attached to an aromatic ring is 1. The molecule has 3 N–H and O–H groups in total. The smallest absolute Gasteiger partial charge is 0.312 e. The van der Waals surface area contributed by atoms with E-state index in [9.17, 15) is 9.59 Å². The Balaban J connectivity index is 2.37. The Hall–Kier alpha value is -2.41. The van der Waals surface area contributed by atoms with Crippen molar-refractivity contribution in [3.05, 3.63) is 57.0 Å². The quantitative estimate of drug-likeness (QED) is 0.424. The highest BCUT2D eigenvalue weighted by Crippen LogP contribution is 2.05. The van der Waals surface area contributed by atoms with Crippen LogP contribution in [0.25, 0.3) is 0 Å². The van der Waals surface area contributed by atoms with Gasteiger partial charge in [0.05, 0.1) is 6.54 Å². The van der Waals surface area contributed by atoms with Crippen LogP contribution in [0.2, 0.25) is 0 Å². The van der Waals surface area contributed by atoms with Crippen LogP contribution < -0.4 is 22.4 Å². The number of rotatable bonds is 3. The van der Waals surface area contributed by atoms with Crippen molar-refractivity contribution >= 4 is 5.82 Å². The molecule has 0 bridgehead atoms. The summed E-state index contributed by atoms with van der Waals surface area (Å²) in [7, 11) is 1.54. The second-order valence-electron chi connectivity index (χ2n) is 3.84. The zero-order chi connectivity index (χ0) is 13.1. The molecule has 2 aromatic heterocycles. The number of pyridine rings is 1. The van der Waals surface area contributed by atoms with Crippen molar-refractivity contribution in [1.29, 1.82) is 0 Å². The Morgan fingerprint density at radius 3 is 2.83 bits per heavy atom. The molecule has 0 aliphatic carbocycles. The molecule has 0 spiro atoms. The Labute approximate surface area is 102 Å². The summed E-state index contributed by atoms with van der Waals surface area (Å²) in [6.07, 6.45) is 4.70. The number of aryl methyl sites for hydroxylation is 1. The molecule has 7 heteroatoms. The van der Waals surface area contributed by atoms with Gasteiger partial charge < -0.3 is 14.6 Å². The number of nitrogens with two attached hydrogens (primary N) is 1. The monoisotopic (exact) mass is 247 g/mol. The first kappa shape index (κ1) is 12.1. The molecule has 0 atom stereocenters. The maximum Gasteiger partial charge on any atom is 0.316 e. The van der Waals surface area contributed by atoms with E-state index in [-0.39, 0.29) is 0 Å². The maximum atomic E-state index is 11.7. The van der Waals surface area contributed by atoms with Crippen molar-refractivity contribution in [1.82, 2.24) is 14.1 Å². The van der Waals surface area contributed by atoms with Gasteiger partial charge in [-0.25, -0.2) is 10.8 Å². The largest absolute Gasteiger partial charge is 0.316 e. The minimum atomic E-state index is -0.556. The molecule has 2 aromatic rings. The van der Waals surface area contributed by atoms with Crippen molar-refractivity contribution < 1.29 is 0 Å². The summed E-state index contributed by atoms with van der Waals surface area (Å²) in [5.41, 5.74) is 2.14. The Morgan fingerprint density at radius 2 is 2.11 bits per heavy atom. The highest BCUT2D eigenvalue weighted by Gasteiger charge is 2.03. The van der Waals surface area contributed by atoms with E-state index in [4.69, 9.17) is 5.84 Å². The van der Waals surface area contributed by atoms with Gasteiger partial charge in [-0.2, -0.15) is 0 Å². The summed E-state index contributed by atoms with van der Waals surface area (Å²) in [6.45, 7) is 0.298. The van der Waals surface area contributed by atoms with Gasteiger partial charge >= 0.3 is 11.1 Å². The highest BCUT2D eigenvalue weighted by atomic mass is 16.2. The van der Waals surface area contributed by atoms with Crippen LogP contribution in [0.1, 0.15) is 5.56 Å². The van der Waals surface area contributed by atoms with Crippen LogP contribution in [0.15, 0.2) is 40.3 Å². The Bertz CT molecular complexity index is 674. The molecule has 0 fully saturated rings. The van der Waals surface area contributed by atoms with Crippen molar-refractivity contribution in [3.8, 4) is 0 Å². The van der Waals surface area contributed by atoms with Crippen molar-refractivity contribution in [2.24, 2.45) is 12.9 Å². The van der Waals surface area contributed by atoms with Gasteiger partial charge in [0.2, 0.25) is 0 Å². The molecule has 0 saturated heterocycles. The molecule has 0 saturated carbocycles. The standard InChI is InChI=1S/C11H13N5O2/c1-15-4-5-16(11(18)10(15)17)7-8-2-3-13-9(6-8)14-12/h2-6H,7,12H2,1H3,(H,13,14). The molecule has 2 rings (SSSR count). The topological polar surface area (TPSA) is 94.9 Å². The molecule has 0 aromatic carbocycles. The first-order valence-corrected chi connectivity index (χ1v) is 5.29. The molecule has 94 valence electrons. The molecule has 0 radical (unpaired) electrons. The molecule has 7 nitrogen and oxygen atoms in total. The van der Waals surface area contributed by atoms with Crippen molar-refractivity contribution in [2.75, 3.05) is 5.43 Å². The number of hydrazine groups is 1. The fraction of sp³-hybridized carbons (Fsp3) is 0.182. The number of nitrogens with one attached hydrogen (secondary N) is 1. The van der Waals surface area contributed by atoms with E-state index in [1.54, 1.807) is 30.7 Å². The lowest BCUT2D eigenvalue weighted by Gasteiger charge is -2.07. The van der Waals surface area contributed by atoms with Crippen molar-refractivity contribution in [3.63, 3.8) is 0 Å². The summed E-state index contributed by atoms with van der Waals surface area (Å²) < 4.78 is 2.59. The zero-order valence-electron chi connectivity index (χ0n) is 9.83. The van der Waals surface area contributed by atoms with Crippen LogP contribution >= 0.6 is 0 Å². The van der Waals surface area contributed by atoms with Crippen LogP contribution in [-0.2, 0) is 13.6 Å². The summed E-state index contributed by atoms with van der Waals surface area (Å²) in [4.78, 5) is 27.2. The molecule has 2 heterocycles. The van der Waals surface area contributed by atoms with Crippen LogP contribution in [0.4, 0.5) is 5.82 Å². The molecule has 0 unspecified atom stereocenters. The van der Waals surface area contributed by atoms with Gasteiger partial charge in [0.1, 0.15) is 5.82 Å². The summed E-state index contributed by atoms with van der Waals surface area (Å²) in [5, 5.41) is 0. The van der Waals surface area contributed by atoms with E-state index in [2.05, 4.69) is 10.4 Å².